The summed E-state index contributed by atoms with van der Waals surface area (Å²) in [5.41, 5.74) is 1.29. The van der Waals surface area contributed by atoms with Crippen LogP contribution in [0.25, 0.3) is 0 Å². The fraction of sp³-hybridized carbons (Fsp3) is 0.444. The van der Waals surface area contributed by atoms with Gasteiger partial charge in [-0.15, -0.1) is 0 Å². The Morgan fingerprint density at radius 1 is 1.50 bits per heavy atom. The van der Waals surface area contributed by atoms with Crippen molar-refractivity contribution in [3.63, 3.8) is 0 Å². The van der Waals surface area contributed by atoms with Crippen LogP contribution >= 0.6 is 15.9 Å². The van der Waals surface area contributed by atoms with Gasteiger partial charge in [0.15, 0.2) is 0 Å². The lowest BCUT2D eigenvalue weighted by Crippen LogP contribution is -1.96. The molecule has 1 heterocycles. The molecule has 0 unspecified atom stereocenters. The first kappa shape index (κ1) is 9.52. The molecule has 0 spiro atoms. The zero-order valence-electron chi connectivity index (χ0n) is 7.56. The van der Waals surface area contributed by atoms with Gasteiger partial charge in [0, 0.05) is 17.7 Å². The quantitative estimate of drug-likeness (QED) is 0.843. The molecule has 12 heavy (non-hydrogen) atoms. The van der Waals surface area contributed by atoms with Crippen molar-refractivity contribution in [1.29, 1.82) is 0 Å². The minimum absolute atomic E-state index is 0.523. The summed E-state index contributed by atoms with van der Waals surface area (Å²) >= 11 is 3.47. The summed E-state index contributed by atoms with van der Waals surface area (Å²) in [6.45, 7) is 4.33. The molecule has 0 amide bonds. The maximum Gasteiger partial charge on any atom is 0.125 e. The summed E-state index contributed by atoms with van der Waals surface area (Å²) in [6.07, 6.45) is 1.83. The second-order valence-electron chi connectivity index (χ2n) is 3.00. The van der Waals surface area contributed by atoms with E-state index in [-0.39, 0.29) is 0 Å². The van der Waals surface area contributed by atoms with Crippen molar-refractivity contribution >= 4 is 21.7 Å². The minimum Gasteiger partial charge on any atom is -0.373 e. The van der Waals surface area contributed by atoms with Gasteiger partial charge in [-0.1, -0.05) is 13.8 Å². The summed E-state index contributed by atoms with van der Waals surface area (Å²) in [6, 6.07) is 2.06. The van der Waals surface area contributed by atoms with Gasteiger partial charge in [0.2, 0.25) is 0 Å². The van der Waals surface area contributed by atoms with E-state index in [2.05, 4.69) is 46.1 Å². The molecule has 0 bridgehead atoms. The molecule has 0 aliphatic heterocycles. The summed E-state index contributed by atoms with van der Waals surface area (Å²) in [4.78, 5) is 4.18. The second kappa shape index (κ2) is 3.90. The largest absolute Gasteiger partial charge is 0.373 e. The Hall–Kier alpha value is -0.570. The number of halogens is 1. The Morgan fingerprint density at radius 2 is 2.17 bits per heavy atom. The number of hydrogen-bond acceptors (Lipinski definition) is 2. The first-order chi connectivity index (χ1) is 5.65. The topological polar surface area (TPSA) is 24.9 Å². The monoisotopic (exact) mass is 228 g/mol. The van der Waals surface area contributed by atoms with Crippen molar-refractivity contribution in [3.05, 3.63) is 22.3 Å². The Morgan fingerprint density at radius 3 is 2.67 bits per heavy atom. The standard InChI is InChI=1S/C9H13BrN2/c1-6(2)7-4-9(11-3)12-5-8(7)10/h4-6H,1-3H3,(H,11,12). The van der Waals surface area contributed by atoms with Gasteiger partial charge in [0.05, 0.1) is 0 Å². The van der Waals surface area contributed by atoms with Crippen LogP contribution in [-0.2, 0) is 0 Å². The maximum absolute atomic E-state index is 4.18. The third-order valence-electron chi connectivity index (χ3n) is 1.76. The maximum atomic E-state index is 4.18. The number of pyridine rings is 1. The molecule has 0 atom stereocenters. The average Bonchev–Trinajstić information content (AvgIpc) is 2.05. The minimum atomic E-state index is 0.523. The smallest absolute Gasteiger partial charge is 0.125 e. The molecule has 0 radical (unpaired) electrons. The molecule has 0 aromatic carbocycles. The van der Waals surface area contributed by atoms with Crippen LogP contribution in [0.1, 0.15) is 25.3 Å². The van der Waals surface area contributed by atoms with Gasteiger partial charge in [-0.3, -0.25) is 0 Å². The molecule has 66 valence electrons. The van der Waals surface area contributed by atoms with Crippen molar-refractivity contribution in [3.8, 4) is 0 Å². The highest BCUT2D eigenvalue weighted by Gasteiger charge is 2.05. The van der Waals surface area contributed by atoms with Crippen molar-refractivity contribution in [1.82, 2.24) is 4.98 Å². The lowest BCUT2D eigenvalue weighted by molar-refractivity contribution is 0.857. The Balaban J connectivity index is 3.08. The van der Waals surface area contributed by atoms with E-state index < -0.39 is 0 Å². The van der Waals surface area contributed by atoms with Crippen LogP contribution in [0.5, 0.6) is 0 Å². The van der Waals surface area contributed by atoms with Gasteiger partial charge in [0.1, 0.15) is 5.82 Å². The lowest BCUT2D eigenvalue weighted by Gasteiger charge is -2.09. The Bertz CT molecular complexity index is 271. The molecule has 1 rings (SSSR count). The van der Waals surface area contributed by atoms with Crippen molar-refractivity contribution in [2.24, 2.45) is 0 Å². The summed E-state index contributed by atoms with van der Waals surface area (Å²) in [5.74, 6) is 1.44. The predicted molar refractivity (Wildman–Crippen MR) is 55.6 cm³/mol. The molecular formula is C9H13BrN2. The van der Waals surface area contributed by atoms with Gasteiger partial charge in [-0.05, 0) is 33.5 Å². The van der Waals surface area contributed by atoms with E-state index in [4.69, 9.17) is 0 Å². The normalized spacial score (nSPS) is 10.4. The number of aromatic nitrogens is 1. The molecule has 0 saturated heterocycles. The van der Waals surface area contributed by atoms with Crippen LogP contribution in [-0.4, -0.2) is 12.0 Å². The van der Waals surface area contributed by atoms with Crippen molar-refractivity contribution in [2.45, 2.75) is 19.8 Å². The van der Waals surface area contributed by atoms with Crippen LogP contribution in [0, 0.1) is 0 Å². The van der Waals surface area contributed by atoms with Crippen LogP contribution < -0.4 is 5.32 Å². The van der Waals surface area contributed by atoms with E-state index in [0.29, 0.717) is 5.92 Å². The molecule has 0 saturated carbocycles. The third kappa shape index (κ3) is 1.97. The molecule has 0 aliphatic rings. The Kier molecular flexibility index (Phi) is 3.09. The van der Waals surface area contributed by atoms with Gasteiger partial charge >= 0.3 is 0 Å². The molecule has 0 fully saturated rings. The lowest BCUT2D eigenvalue weighted by atomic mass is 10.1. The second-order valence-corrected chi connectivity index (χ2v) is 3.85. The molecule has 1 N–H and O–H groups in total. The molecule has 1 aromatic heterocycles. The van der Waals surface area contributed by atoms with Crippen LogP contribution in [0.2, 0.25) is 0 Å². The van der Waals surface area contributed by atoms with Gasteiger partial charge in [-0.25, -0.2) is 4.98 Å². The number of nitrogens with one attached hydrogen (secondary N) is 1. The average molecular weight is 229 g/mol. The summed E-state index contributed by atoms with van der Waals surface area (Å²) < 4.78 is 1.08. The van der Waals surface area contributed by atoms with Crippen molar-refractivity contribution in [2.75, 3.05) is 12.4 Å². The number of anilines is 1. The predicted octanol–water partition coefficient (Wildman–Crippen LogP) is 3.01. The van der Waals surface area contributed by atoms with Gasteiger partial charge < -0.3 is 5.32 Å². The molecule has 1 aromatic rings. The molecule has 2 nitrogen and oxygen atoms in total. The third-order valence-corrected chi connectivity index (χ3v) is 2.43. The number of nitrogens with zero attached hydrogens (tertiary/aromatic N) is 1. The first-order valence-corrected chi connectivity index (χ1v) is 4.77. The van der Waals surface area contributed by atoms with Gasteiger partial charge in [0.25, 0.3) is 0 Å². The fourth-order valence-corrected chi connectivity index (χ4v) is 1.71. The summed E-state index contributed by atoms with van der Waals surface area (Å²) in [5, 5.41) is 3.02. The van der Waals surface area contributed by atoms with Crippen molar-refractivity contribution < 1.29 is 0 Å². The zero-order valence-corrected chi connectivity index (χ0v) is 9.14. The molecular weight excluding hydrogens is 216 g/mol. The zero-order chi connectivity index (χ0) is 9.14. The highest BCUT2D eigenvalue weighted by molar-refractivity contribution is 9.10. The summed E-state index contributed by atoms with van der Waals surface area (Å²) in [7, 11) is 1.88. The number of rotatable bonds is 2. The van der Waals surface area contributed by atoms with E-state index in [9.17, 15) is 0 Å². The van der Waals surface area contributed by atoms with Crippen LogP contribution in [0.4, 0.5) is 5.82 Å². The van der Waals surface area contributed by atoms with E-state index in [1.807, 2.05) is 13.2 Å². The highest BCUT2D eigenvalue weighted by Crippen LogP contribution is 2.25. The highest BCUT2D eigenvalue weighted by atomic mass is 79.9. The Labute approximate surface area is 81.5 Å². The van der Waals surface area contributed by atoms with Crippen LogP contribution in [0.15, 0.2) is 16.7 Å². The van der Waals surface area contributed by atoms with Crippen LogP contribution in [0.3, 0.4) is 0 Å². The molecule has 0 aliphatic carbocycles. The fourth-order valence-electron chi connectivity index (χ4n) is 1.03. The van der Waals surface area contributed by atoms with Gasteiger partial charge in [-0.2, -0.15) is 0 Å². The SMILES string of the molecule is CNc1cc(C(C)C)c(Br)cn1. The van der Waals surface area contributed by atoms with E-state index >= 15 is 0 Å². The van der Waals surface area contributed by atoms with E-state index in [1.165, 1.54) is 5.56 Å². The molecule has 3 heteroatoms. The van der Waals surface area contributed by atoms with E-state index in [0.717, 1.165) is 10.3 Å². The number of hydrogen-bond donors (Lipinski definition) is 1. The first-order valence-electron chi connectivity index (χ1n) is 3.98. The van der Waals surface area contributed by atoms with E-state index in [1.54, 1.807) is 0 Å².